The minimum absolute atomic E-state index is 0.129. The monoisotopic (exact) mass is 578 g/mol. The lowest BCUT2D eigenvalue weighted by Crippen LogP contribution is -2.54. The molecule has 3 aromatic carbocycles. The van der Waals surface area contributed by atoms with E-state index >= 15 is 0 Å². The summed E-state index contributed by atoms with van der Waals surface area (Å²) in [5, 5.41) is 3.54. The number of imide groups is 2. The van der Waals surface area contributed by atoms with Crippen molar-refractivity contribution in [3.63, 3.8) is 0 Å². The molecule has 0 spiro atoms. The zero-order chi connectivity index (χ0) is 26.9. The van der Waals surface area contributed by atoms with Crippen LogP contribution in [-0.2, 0) is 16.2 Å². The van der Waals surface area contributed by atoms with Gasteiger partial charge >= 0.3 is 6.03 Å². The zero-order valence-electron chi connectivity index (χ0n) is 19.4. The highest BCUT2D eigenvalue weighted by Gasteiger charge is 2.37. The van der Waals surface area contributed by atoms with Gasteiger partial charge in [-0.15, -0.1) is 0 Å². The molecule has 0 bridgehead atoms. The van der Waals surface area contributed by atoms with E-state index in [-0.39, 0.29) is 34.4 Å². The van der Waals surface area contributed by atoms with Gasteiger partial charge in [0.25, 0.3) is 11.8 Å². The lowest BCUT2D eigenvalue weighted by atomic mass is 10.1. The van der Waals surface area contributed by atoms with Crippen molar-refractivity contribution in [2.75, 3.05) is 12.0 Å². The molecule has 0 atom stereocenters. The van der Waals surface area contributed by atoms with Gasteiger partial charge in [0.15, 0.2) is 11.5 Å². The minimum Gasteiger partial charge on any atom is -0.493 e. The molecule has 3 aromatic rings. The van der Waals surface area contributed by atoms with Crippen molar-refractivity contribution in [3.8, 4) is 11.5 Å². The Morgan fingerprint density at radius 3 is 2.38 bits per heavy atom. The van der Waals surface area contributed by atoms with Crippen molar-refractivity contribution < 1.29 is 23.9 Å². The maximum atomic E-state index is 13.3. The molecule has 1 heterocycles. The number of hydrogen-bond acceptors (Lipinski definition) is 5. The minimum atomic E-state index is -0.876. The predicted molar refractivity (Wildman–Crippen MR) is 144 cm³/mol. The molecule has 37 heavy (non-hydrogen) atoms. The Bertz CT molecular complexity index is 1470. The first-order valence-electron chi connectivity index (χ1n) is 10.7. The topological polar surface area (TPSA) is 84.9 Å². The number of methoxy groups -OCH3 is 1. The van der Waals surface area contributed by atoms with Gasteiger partial charge in [0, 0.05) is 5.02 Å². The number of halogens is 4. The van der Waals surface area contributed by atoms with Crippen LogP contribution >= 0.6 is 46.4 Å². The lowest BCUT2D eigenvalue weighted by molar-refractivity contribution is -0.122. The molecule has 0 aliphatic carbocycles. The van der Waals surface area contributed by atoms with Crippen LogP contribution < -0.4 is 19.7 Å². The van der Waals surface area contributed by atoms with Crippen LogP contribution in [0.4, 0.5) is 10.5 Å². The lowest BCUT2D eigenvalue weighted by Gasteiger charge is -2.27. The highest BCUT2D eigenvalue weighted by molar-refractivity contribution is 6.42. The molecule has 1 aliphatic rings. The largest absolute Gasteiger partial charge is 0.493 e. The number of amides is 4. The smallest absolute Gasteiger partial charge is 0.335 e. The van der Waals surface area contributed by atoms with E-state index in [1.165, 1.54) is 19.3 Å². The second-order valence-corrected chi connectivity index (χ2v) is 9.54. The molecule has 7 nitrogen and oxygen atoms in total. The number of rotatable bonds is 6. The van der Waals surface area contributed by atoms with E-state index in [4.69, 9.17) is 55.9 Å². The normalized spacial score (nSPS) is 14.7. The Morgan fingerprint density at radius 1 is 0.919 bits per heavy atom. The first-order chi connectivity index (χ1) is 17.6. The number of anilines is 1. The summed E-state index contributed by atoms with van der Waals surface area (Å²) in [6, 6.07) is 12.1. The van der Waals surface area contributed by atoms with E-state index in [0.29, 0.717) is 26.2 Å². The van der Waals surface area contributed by atoms with Crippen LogP contribution in [0, 0.1) is 6.92 Å². The molecular formula is C26H18Cl4N2O5. The Labute approximate surface area is 232 Å². The van der Waals surface area contributed by atoms with Gasteiger partial charge in [-0.1, -0.05) is 58.5 Å². The molecule has 11 heteroatoms. The van der Waals surface area contributed by atoms with Crippen LogP contribution in [0.5, 0.6) is 11.5 Å². The third kappa shape index (κ3) is 5.55. The maximum absolute atomic E-state index is 13.3. The van der Waals surface area contributed by atoms with E-state index < -0.39 is 17.8 Å². The van der Waals surface area contributed by atoms with Gasteiger partial charge in [-0.05, 0) is 66.1 Å². The fourth-order valence-electron chi connectivity index (χ4n) is 3.63. The van der Waals surface area contributed by atoms with Crippen molar-refractivity contribution in [1.82, 2.24) is 5.32 Å². The third-order valence-corrected chi connectivity index (χ3v) is 6.94. The third-order valence-electron chi connectivity index (χ3n) is 5.51. The first kappa shape index (κ1) is 26.8. The zero-order valence-corrected chi connectivity index (χ0v) is 22.4. The molecule has 0 radical (unpaired) electrons. The average Bonchev–Trinajstić information content (AvgIpc) is 2.85. The van der Waals surface area contributed by atoms with Gasteiger partial charge < -0.3 is 9.47 Å². The number of ether oxygens (including phenoxy) is 2. The van der Waals surface area contributed by atoms with Gasteiger partial charge in [-0.2, -0.15) is 0 Å². The number of nitrogens with zero attached hydrogens (tertiary/aromatic N) is 1. The second kappa shape index (κ2) is 11.0. The van der Waals surface area contributed by atoms with Crippen LogP contribution in [-0.4, -0.2) is 25.0 Å². The Hall–Kier alpha value is -3.23. The second-order valence-electron chi connectivity index (χ2n) is 7.91. The molecule has 0 unspecified atom stereocenters. The Morgan fingerprint density at radius 2 is 1.68 bits per heavy atom. The van der Waals surface area contributed by atoms with E-state index in [9.17, 15) is 14.4 Å². The molecule has 1 N–H and O–H groups in total. The van der Waals surface area contributed by atoms with Crippen molar-refractivity contribution in [1.29, 1.82) is 0 Å². The predicted octanol–water partition coefficient (Wildman–Crippen LogP) is 6.86. The van der Waals surface area contributed by atoms with Crippen LogP contribution in [0.2, 0.25) is 20.1 Å². The van der Waals surface area contributed by atoms with Crippen molar-refractivity contribution >= 4 is 76.0 Å². The Balaban J connectivity index is 1.65. The van der Waals surface area contributed by atoms with Gasteiger partial charge in [-0.3, -0.25) is 14.9 Å². The van der Waals surface area contributed by atoms with Crippen LogP contribution in [0.15, 0.2) is 54.1 Å². The van der Waals surface area contributed by atoms with E-state index in [2.05, 4.69) is 5.32 Å². The summed E-state index contributed by atoms with van der Waals surface area (Å²) >= 11 is 24.6. The Kier molecular flexibility index (Phi) is 7.99. The molecule has 1 saturated heterocycles. The quantitative estimate of drug-likeness (QED) is 0.255. The van der Waals surface area contributed by atoms with Crippen LogP contribution in [0.3, 0.4) is 0 Å². The first-order valence-corrected chi connectivity index (χ1v) is 12.2. The molecule has 0 aromatic heterocycles. The molecule has 0 saturated carbocycles. The van der Waals surface area contributed by atoms with Gasteiger partial charge in [-0.25, -0.2) is 9.69 Å². The maximum Gasteiger partial charge on any atom is 0.335 e. The van der Waals surface area contributed by atoms with Crippen molar-refractivity contribution in [2.45, 2.75) is 13.5 Å². The molecule has 1 aliphatic heterocycles. The van der Waals surface area contributed by atoms with Crippen molar-refractivity contribution in [3.05, 3.63) is 90.9 Å². The fourth-order valence-corrected chi connectivity index (χ4v) is 4.39. The highest BCUT2D eigenvalue weighted by Crippen LogP contribution is 2.38. The molecule has 190 valence electrons. The fraction of sp³-hybridized carbons (Fsp3) is 0.115. The summed E-state index contributed by atoms with van der Waals surface area (Å²) < 4.78 is 11.3. The molecule has 4 rings (SSSR count). The summed E-state index contributed by atoms with van der Waals surface area (Å²) in [5.74, 6) is -1.14. The number of hydrogen-bond donors (Lipinski definition) is 1. The average molecular weight is 580 g/mol. The molecule has 4 amide bonds. The number of barbiturate groups is 1. The SMILES string of the molecule is COc1cc(/C=C2\C(=O)NC(=O)N(c3cccc(Cl)c3C)C2=O)cc(Cl)c1OCc1ccc(Cl)c(Cl)c1. The number of benzene rings is 3. The number of carbonyl (C=O) groups is 3. The van der Waals surface area contributed by atoms with E-state index in [0.717, 1.165) is 10.5 Å². The highest BCUT2D eigenvalue weighted by atomic mass is 35.5. The summed E-state index contributed by atoms with van der Waals surface area (Å²) in [6.45, 7) is 1.80. The summed E-state index contributed by atoms with van der Waals surface area (Å²) in [6.07, 6.45) is 1.31. The van der Waals surface area contributed by atoms with E-state index in [1.54, 1.807) is 49.4 Å². The number of nitrogens with one attached hydrogen (secondary N) is 1. The van der Waals surface area contributed by atoms with Gasteiger partial charge in [0.05, 0.1) is 27.9 Å². The van der Waals surface area contributed by atoms with Gasteiger partial charge in [0.2, 0.25) is 0 Å². The molecule has 1 fully saturated rings. The summed E-state index contributed by atoms with van der Waals surface area (Å²) in [5.41, 5.74) is 1.62. The van der Waals surface area contributed by atoms with Crippen LogP contribution in [0.25, 0.3) is 6.08 Å². The number of urea groups is 1. The van der Waals surface area contributed by atoms with Crippen molar-refractivity contribution in [2.24, 2.45) is 0 Å². The molecular weight excluding hydrogens is 562 g/mol. The summed E-state index contributed by atoms with van der Waals surface area (Å²) in [4.78, 5) is 39.2. The summed E-state index contributed by atoms with van der Waals surface area (Å²) in [7, 11) is 1.43. The van der Waals surface area contributed by atoms with Crippen LogP contribution in [0.1, 0.15) is 16.7 Å². The standard InChI is InChI=1S/C26H18Cl4N2O5/c1-13-17(27)4-3-5-21(13)32-25(34)16(24(33)31-26(32)35)8-15-10-20(30)23(22(11-15)36-2)37-12-14-6-7-18(28)19(29)9-14/h3-11H,12H2,1-2H3,(H,31,33,35)/b16-8+. The number of carbonyl (C=O) groups excluding carboxylic acids is 3. The van der Waals surface area contributed by atoms with Gasteiger partial charge in [0.1, 0.15) is 12.2 Å². The van der Waals surface area contributed by atoms with E-state index in [1.807, 2.05) is 0 Å².